The Morgan fingerprint density at radius 3 is 2.05 bits per heavy atom. The van der Waals surface area contributed by atoms with Gasteiger partial charge < -0.3 is 34.3 Å². The van der Waals surface area contributed by atoms with Crippen molar-refractivity contribution in [1.29, 1.82) is 0 Å². The molecule has 2 fully saturated rings. The molecule has 12 nitrogen and oxygen atoms in total. The molecule has 0 aromatic heterocycles. The van der Waals surface area contributed by atoms with Gasteiger partial charge in [0.25, 0.3) is 0 Å². The van der Waals surface area contributed by atoms with Crippen LogP contribution in [-0.4, -0.2) is 87.5 Å². The van der Waals surface area contributed by atoms with E-state index in [0.29, 0.717) is 4.90 Å². The molecule has 0 radical (unpaired) electrons. The van der Waals surface area contributed by atoms with E-state index in [-0.39, 0.29) is 10.8 Å². The average Bonchev–Trinajstić information content (AvgIpc) is 3.53. The van der Waals surface area contributed by atoms with Crippen LogP contribution in [-0.2, 0) is 28.5 Å². The minimum absolute atomic E-state index is 0.0852. The smallest absolute Gasteiger partial charge is 0.481 e. The maximum atomic E-state index is 13.6. The van der Waals surface area contributed by atoms with E-state index in [2.05, 4.69) is 0 Å². The molecule has 0 heterocycles. The second-order valence-electron chi connectivity index (χ2n) is 10.0. The monoisotopic (exact) mass is 607 g/mol. The number of halogens is 2. The number of carboxylic acids is 2. The number of nitrogens with zero attached hydrogens (tertiary/aromatic N) is 1. The number of rotatable bonds is 12. The maximum Gasteiger partial charge on any atom is 0.509 e. The zero-order valence-electron chi connectivity index (χ0n) is 22.1. The highest BCUT2D eigenvalue weighted by Gasteiger charge is 2.80. The van der Waals surface area contributed by atoms with Crippen LogP contribution in [0.1, 0.15) is 27.7 Å². The van der Waals surface area contributed by atoms with Crippen LogP contribution in [0.15, 0.2) is 23.1 Å². The van der Waals surface area contributed by atoms with Crippen molar-refractivity contribution in [2.45, 2.75) is 56.4 Å². The minimum atomic E-state index is -2.17. The number of benzene rings is 1. The lowest BCUT2D eigenvalue weighted by molar-refractivity contribution is -0.174. The normalized spacial score (nSPS) is 26.9. The van der Waals surface area contributed by atoms with Gasteiger partial charge in [0.1, 0.15) is 11.4 Å². The molecule has 0 unspecified atom stereocenters. The van der Waals surface area contributed by atoms with Crippen molar-refractivity contribution >= 4 is 47.6 Å². The van der Waals surface area contributed by atoms with E-state index < -0.39 is 91.1 Å². The summed E-state index contributed by atoms with van der Waals surface area (Å²) in [6.07, 6.45) is -4.80. The summed E-state index contributed by atoms with van der Waals surface area (Å²) in [5.74, 6) is -8.02. The molecule has 2 saturated carbocycles. The molecule has 0 spiro atoms. The predicted molar refractivity (Wildman–Crippen MR) is 137 cm³/mol. The van der Waals surface area contributed by atoms with Crippen LogP contribution in [0.4, 0.5) is 14.0 Å². The molecule has 3 rings (SSSR count). The fourth-order valence-corrected chi connectivity index (χ4v) is 6.68. The number of carbonyl (C=O) groups is 4. The summed E-state index contributed by atoms with van der Waals surface area (Å²) < 4.78 is 33.8. The van der Waals surface area contributed by atoms with Crippen molar-refractivity contribution in [3.63, 3.8) is 0 Å². The number of aliphatic hydroxyl groups excluding tert-OH is 1. The van der Waals surface area contributed by atoms with Gasteiger partial charge in [0.15, 0.2) is 13.5 Å². The summed E-state index contributed by atoms with van der Waals surface area (Å²) in [5.41, 5.74) is -2.17. The SMILES string of the molecule is CC(C)OC(=O)OCN(COC(=O)OC(C)C)[C@]1(C(=O)O)[C@@H]2[C@@H](C(=O)O)[C@@H]2[C@H](O)[C@H]1CSc1ccc(F)c(Cl)c1. The highest BCUT2D eigenvalue weighted by molar-refractivity contribution is 7.99. The zero-order valence-corrected chi connectivity index (χ0v) is 23.7. The first-order valence-corrected chi connectivity index (χ1v) is 13.7. The summed E-state index contributed by atoms with van der Waals surface area (Å²) in [4.78, 5) is 50.9. The number of fused-ring (bicyclic) bond motifs is 1. The second-order valence-corrected chi connectivity index (χ2v) is 11.5. The molecule has 222 valence electrons. The fourth-order valence-electron chi connectivity index (χ4n) is 5.25. The molecule has 2 aliphatic rings. The van der Waals surface area contributed by atoms with Gasteiger partial charge in [-0.3, -0.25) is 9.59 Å². The van der Waals surface area contributed by atoms with Gasteiger partial charge in [0.2, 0.25) is 0 Å². The lowest BCUT2D eigenvalue weighted by Crippen LogP contribution is -2.63. The van der Waals surface area contributed by atoms with Crippen LogP contribution in [0, 0.1) is 29.5 Å². The van der Waals surface area contributed by atoms with Crippen LogP contribution < -0.4 is 0 Å². The first-order chi connectivity index (χ1) is 18.7. The Bertz CT molecular complexity index is 1110. The summed E-state index contributed by atoms with van der Waals surface area (Å²) in [7, 11) is 0. The Balaban J connectivity index is 1.99. The van der Waals surface area contributed by atoms with Gasteiger partial charge in [-0.25, -0.2) is 18.9 Å². The number of hydrogen-bond acceptors (Lipinski definition) is 11. The third-order valence-corrected chi connectivity index (χ3v) is 8.17. The minimum Gasteiger partial charge on any atom is -0.481 e. The van der Waals surface area contributed by atoms with Crippen LogP contribution in [0.25, 0.3) is 0 Å². The van der Waals surface area contributed by atoms with Gasteiger partial charge in [-0.2, -0.15) is 0 Å². The highest BCUT2D eigenvalue weighted by atomic mass is 35.5. The van der Waals surface area contributed by atoms with Gasteiger partial charge in [-0.1, -0.05) is 11.6 Å². The molecule has 1 aromatic rings. The number of carboxylic acid groups (broad SMARTS) is 2. The van der Waals surface area contributed by atoms with Gasteiger partial charge >= 0.3 is 24.2 Å². The molecule has 0 amide bonds. The number of carbonyl (C=O) groups excluding carboxylic acids is 2. The standard InChI is InChI=1S/C25H31ClFNO11S/c1-11(2)38-23(34)36-9-28(10-37-24(35)39-12(3)4)25(22(32)33)14(20(29)17-18(19(17)25)21(30)31)8-40-13-5-6-16(27)15(26)7-13/h5-7,11-12,14,17-20,29H,8-10H2,1-4H3,(H,30,31)(H,32,33)/t14-,17+,18+,19+,20-,25+/m1/s1. The van der Waals surface area contributed by atoms with Crippen LogP contribution in [0.2, 0.25) is 5.02 Å². The van der Waals surface area contributed by atoms with Gasteiger partial charge in [-0.15, -0.1) is 11.8 Å². The average molecular weight is 608 g/mol. The van der Waals surface area contributed by atoms with E-state index in [0.717, 1.165) is 22.7 Å². The van der Waals surface area contributed by atoms with Crippen molar-refractivity contribution in [2.75, 3.05) is 19.2 Å². The Morgan fingerprint density at radius 2 is 1.60 bits per heavy atom. The molecular weight excluding hydrogens is 577 g/mol. The van der Waals surface area contributed by atoms with Crippen molar-refractivity contribution in [1.82, 2.24) is 4.90 Å². The Morgan fingerprint density at radius 1 is 1.05 bits per heavy atom. The van der Waals surface area contributed by atoms with Crippen molar-refractivity contribution in [2.24, 2.45) is 23.7 Å². The van der Waals surface area contributed by atoms with Crippen LogP contribution in [0.5, 0.6) is 0 Å². The highest BCUT2D eigenvalue weighted by Crippen LogP contribution is 2.67. The molecule has 0 saturated heterocycles. The quantitative estimate of drug-likeness (QED) is 0.179. The summed E-state index contributed by atoms with van der Waals surface area (Å²) in [6.45, 7) is 4.71. The Hall–Kier alpha value is -2.81. The fraction of sp³-hybridized carbons (Fsp3) is 0.600. The zero-order chi connectivity index (χ0) is 29.9. The van der Waals surface area contributed by atoms with Crippen molar-refractivity contribution in [3.05, 3.63) is 29.0 Å². The molecule has 0 bridgehead atoms. The molecule has 6 atom stereocenters. The van der Waals surface area contributed by atoms with Crippen molar-refractivity contribution < 1.29 is 57.8 Å². The van der Waals surface area contributed by atoms with E-state index in [9.17, 15) is 38.9 Å². The topological polar surface area (TPSA) is 169 Å². The van der Waals surface area contributed by atoms with E-state index >= 15 is 0 Å². The van der Waals surface area contributed by atoms with Gasteiger partial charge in [-0.05, 0) is 45.9 Å². The lowest BCUT2D eigenvalue weighted by Gasteiger charge is -2.43. The first kappa shape index (κ1) is 31.7. The lowest BCUT2D eigenvalue weighted by atomic mass is 9.79. The first-order valence-electron chi connectivity index (χ1n) is 12.4. The van der Waals surface area contributed by atoms with Gasteiger partial charge in [0, 0.05) is 28.4 Å². The molecule has 0 aliphatic heterocycles. The summed E-state index contributed by atoms with van der Waals surface area (Å²) in [6, 6.07) is 3.89. The van der Waals surface area contributed by atoms with Crippen LogP contribution in [0.3, 0.4) is 0 Å². The Kier molecular flexibility index (Phi) is 10.1. The van der Waals surface area contributed by atoms with Gasteiger partial charge in [0.05, 0.1) is 29.3 Å². The molecule has 2 aliphatic carbocycles. The molecular formula is C25H31ClFNO11S. The third kappa shape index (κ3) is 6.56. The van der Waals surface area contributed by atoms with Crippen LogP contribution >= 0.6 is 23.4 Å². The second kappa shape index (κ2) is 12.8. The number of aliphatic carboxylic acids is 2. The summed E-state index contributed by atoms with van der Waals surface area (Å²) >= 11 is 6.93. The molecule has 1 aromatic carbocycles. The molecule has 3 N–H and O–H groups in total. The predicted octanol–water partition coefficient (Wildman–Crippen LogP) is 3.67. The maximum absolute atomic E-state index is 13.6. The molecule has 15 heteroatoms. The number of ether oxygens (including phenoxy) is 4. The third-order valence-electron chi connectivity index (χ3n) is 6.77. The number of thioether (sulfide) groups is 1. The van der Waals surface area contributed by atoms with Crippen molar-refractivity contribution in [3.8, 4) is 0 Å². The van der Waals surface area contributed by atoms with E-state index in [1.807, 2.05) is 0 Å². The largest absolute Gasteiger partial charge is 0.509 e. The molecule has 40 heavy (non-hydrogen) atoms. The van der Waals surface area contributed by atoms with E-state index in [1.54, 1.807) is 27.7 Å². The van der Waals surface area contributed by atoms with E-state index in [4.69, 9.17) is 30.5 Å². The Labute approximate surface area is 238 Å². The number of hydrogen-bond donors (Lipinski definition) is 3. The van der Waals surface area contributed by atoms with E-state index in [1.165, 1.54) is 12.1 Å². The summed E-state index contributed by atoms with van der Waals surface area (Å²) in [5, 5.41) is 31.5. The number of aliphatic hydroxyl groups is 1.